The third-order valence-electron chi connectivity index (χ3n) is 1.97. The molecular formula is C10H10FNO4. The maximum absolute atomic E-state index is 13.6. The van der Waals surface area contributed by atoms with E-state index in [1.165, 1.54) is 12.1 Å². The second kappa shape index (κ2) is 4.61. The Bertz CT molecular complexity index is 445. The highest BCUT2D eigenvalue weighted by molar-refractivity contribution is 6.04. The van der Waals surface area contributed by atoms with E-state index >= 15 is 0 Å². The average molecular weight is 227 g/mol. The van der Waals surface area contributed by atoms with E-state index in [2.05, 4.69) is 9.47 Å². The van der Waals surface area contributed by atoms with Gasteiger partial charge in [0.2, 0.25) is 0 Å². The fourth-order valence-corrected chi connectivity index (χ4v) is 1.17. The van der Waals surface area contributed by atoms with Gasteiger partial charge in [0, 0.05) is 0 Å². The van der Waals surface area contributed by atoms with Gasteiger partial charge in [-0.3, -0.25) is 0 Å². The van der Waals surface area contributed by atoms with Gasteiger partial charge in [-0.05, 0) is 12.1 Å². The van der Waals surface area contributed by atoms with Gasteiger partial charge >= 0.3 is 11.9 Å². The zero-order chi connectivity index (χ0) is 12.3. The maximum Gasteiger partial charge on any atom is 0.341 e. The van der Waals surface area contributed by atoms with Gasteiger partial charge in [0.15, 0.2) is 5.82 Å². The second-order valence-corrected chi connectivity index (χ2v) is 2.87. The van der Waals surface area contributed by atoms with Gasteiger partial charge in [-0.2, -0.15) is 0 Å². The number of esters is 2. The van der Waals surface area contributed by atoms with Crippen molar-refractivity contribution in [2.75, 3.05) is 20.0 Å². The molecule has 86 valence electrons. The van der Waals surface area contributed by atoms with E-state index < -0.39 is 23.3 Å². The maximum atomic E-state index is 13.6. The average Bonchev–Trinajstić information content (AvgIpc) is 2.30. The number of carbonyl (C=O) groups is 2. The predicted molar refractivity (Wildman–Crippen MR) is 53.5 cm³/mol. The summed E-state index contributed by atoms with van der Waals surface area (Å²) in [5.41, 5.74) is 4.31. The van der Waals surface area contributed by atoms with Crippen LogP contribution in [0.3, 0.4) is 0 Å². The van der Waals surface area contributed by atoms with Crippen molar-refractivity contribution in [1.82, 2.24) is 0 Å². The fraction of sp³-hybridized carbons (Fsp3) is 0.200. The number of carbonyl (C=O) groups excluding carboxylic acids is 2. The normalized spacial score (nSPS) is 9.69. The Hall–Kier alpha value is -2.11. The summed E-state index contributed by atoms with van der Waals surface area (Å²) in [4.78, 5) is 22.6. The van der Waals surface area contributed by atoms with E-state index in [-0.39, 0.29) is 11.3 Å². The summed E-state index contributed by atoms with van der Waals surface area (Å²) in [6.07, 6.45) is 0. The van der Waals surface area contributed by atoms with Crippen LogP contribution in [-0.2, 0) is 9.47 Å². The van der Waals surface area contributed by atoms with Crippen molar-refractivity contribution < 1.29 is 23.5 Å². The fourth-order valence-electron chi connectivity index (χ4n) is 1.17. The molecule has 0 aliphatic carbocycles. The molecule has 0 unspecified atom stereocenters. The molecule has 0 saturated carbocycles. The molecule has 0 spiro atoms. The summed E-state index contributed by atoms with van der Waals surface area (Å²) in [7, 11) is 2.20. The SMILES string of the molecule is COC(=O)c1ccc(N)c(F)c1C(=O)OC. The lowest BCUT2D eigenvalue weighted by Gasteiger charge is -2.08. The number of nitrogen functional groups attached to an aromatic ring is 1. The van der Waals surface area contributed by atoms with Gasteiger partial charge in [-0.15, -0.1) is 0 Å². The molecule has 0 saturated heterocycles. The molecule has 0 atom stereocenters. The Morgan fingerprint density at radius 3 is 2.25 bits per heavy atom. The molecule has 1 rings (SSSR count). The molecule has 5 nitrogen and oxygen atoms in total. The van der Waals surface area contributed by atoms with E-state index in [1.807, 2.05) is 0 Å². The van der Waals surface area contributed by atoms with Crippen LogP contribution in [0.2, 0.25) is 0 Å². The van der Waals surface area contributed by atoms with E-state index in [0.29, 0.717) is 0 Å². The summed E-state index contributed by atoms with van der Waals surface area (Å²) >= 11 is 0. The minimum Gasteiger partial charge on any atom is -0.465 e. The largest absolute Gasteiger partial charge is 0.465 e. The van der Waals surface area contributed by atoms with Gasteiger partial charge in [-0.1, -0.05) is 0 Å². The highest BCUT2D eigenvalue weighted by Crippen LogP contribution is 2.21. The monoisotopic (exact) mass is 227 g/mol. The lowest BCUT2D eigenvalue weighted by Crippen LogP contribution is -2.15. The Kier molecular flexibility index (Phi) is 3.44. The Morgan fingerprint density at radius 1 is 1.19 bits per heavy atom. The van der Waals surface area contributed by atoms with E-state index in [4.69, 9.17) is 5.73 Å². The zero-order valence-electron chi connectivity index (χ0n) is 8.74. The lowest BCUT2D eigenvalue weighted by atomic mass is 10.1. The van der Waals surface area contributed by atoms with Gasteiger partial charge in [0.1, 0.15) is 5.56 Å². The van der Waals surface area contributed by atoms with Crippen LogP contribution < -0.4 is 5.73 Å². The van der Waals surface area contributed by atoms with Crippen molar-refractivity contribution in [3.8, 4) is 0 Å². The summed E-state index contributed by atoms with van der Waals surface area (Å²) in [6.45, 7) is 0. The molecular weight excluding hydrogens is 217 g/mol. The van der Waals surface area contributed by atoms with E-state index in [9.17, 15) is 14.0 Å². The zero-order valence-corrected chi connectivity index (χ0v) is 8.74. The number of anilines is 1. The summed E-state index contributed by atoms with van der Waals surface area (Å²) < 4.78 is 22.3. The van der Waals surface area contributed by atoms with Crippen LogP contribution >= 0.6 is 0 Å². The van der Waals surface area contributed by atoms with Crippen molar-refractivity contribution in [1.29, 1.82) is 0 Å². The molecule has 1 aromatic carbocycles. The van der Waals surface area contributed by atoms with Gasteiger partial charge in [-0.25, -0.2) is 14.0 Å². The first-order valence-corrected chi connectivity index (χ1v) is 4.27. The molecule has 16 heavy (non-hydrogen) atoms. The number of rotatable bonds is 2. The first-order valence-electron chi connectivity index (χ1n) is 4.27. The topological polar surface area (TPSA) is 78.6 Å². The van der Waals surface area contributed by atoms with Crippen molar-refractivity contribution in [3.05, 3.63) is 29.1 Å². The highest BCUT2D eigenvalue weighted by Gasteiger charge is 2.24. The lowest BCUT2D eigenvalue weighted by molar-refractivity contribution is 0.0551. The van der Waals surface area contributed by atoms with Crippen LogP contribution in [0.15, 0.2) is 12.1 Å². The number of ether oxygens (including phenoxy) is 2. The van der Waals surface area contributed by atoms with Crippen LogP contribution in [0, 0.1) is 5.82 Å². The summed E-state index contributed by atoms with van der Waals surface area (Å²) in [6, 6.07) is 2.38. The molecule has 0 aromatic heterocycles. The predicted octanol–water partition coefficient (Wildman–Crippen LogP) is 0.981. The quantitative estimate of drug-likeness (QED) is 0.601. The van der Waals surface area contributed by atoms with Crippen molar-refractivity contribution in [3.63, 3.8) is 0 Å². The first-order chi connectivity index (χ1) is 7.52. The second-order valence-electron chi connectivity index (χ2n) is 2.87. The minimum atomic E-state index is -0.991. The van der Waals surface area contributed by atoms with Gasteiger partial charge in [0.05, 0.1) is 25.5 Å². The van der Waals surface area contributed by atoms with Crippen LogP contribution in [0.25, 0.3) is 0 Å². The van der Waals surface area contributed by atoms with Crippen LogP contribution in [-0.4, -0.2) is 26.2 Å². The van der Waals surface area contributed by atoms with Crippen LogP contribution in [0.4, 0.5) is 10.1 Å². The van der Waals surface area contributed by atoms with Crippen LogP contribution in [0.1, 0.15) is 20.7 Å². The standard InChI is InChI=1S/C10H10FNO4/c1-15-9(13)5-3-4-6(12)8(11)7(5)10(14)16-2/h3-4H,12H2,1-2H3. The van der Waals surface area contributed by atoms with Gasteiger partial charge < -0.3 is 15.2 Å². The molecule has 0 bridgehead atoms. The number of hydrogen-bond acceptors (Lipinski definition) is 5. The van der Waals surface area contributed by atoms with Crippen LogP contribution in [0.5, 0.6) is 0 Å². The number of halogens is 1. The van der Waals surface area contributed by atoms with E-state index in [1.54, 1.807) is 0 Å². The van der Waals surface area contributed by atoms with Crippen molar-refractivity contribution >= 4 is 17.6 Å². The Balaban J connectivity index is 3.44. The van der Waals surface area contributed by atoms with E-state index in [0.717, 1.165) is 14.2 Å². The van der Waals surface area contributed by atoms with Gasteiger partial charge in [0.25, 0.3) is 0 Å². The Labute approximate surface area is 90.9 Å². The molecule has 0 heterocycles. The number of nitrogens with two attached hydrogens (primary N) is 1. The molecule has 0 amide bonds. The minimum absolute atomic E-state index is 0.221. The number of methoxy groups -OCH3 is 2. The first kappa shape index (κ1) is 12.0. The smallest absolute Gasteiger partial charge is 0.341 e. The summed E-state index contributed by atoms with van der Waals surface area (Å²) in [5, 5.41) is 0. The molecule has 0 aliphatic heterocycles. The number of hydrogen-bond donors (Lipinski definition) is 1. The molecule has 2 N–H and O–H groups in total. The van der Waals surface area contributed by atoms with Crippen molar-refractivity contribution in [2.45, 2.75) is 0 Å². The third-order valence-corrected chi connectivity index (χ3v) is 1.97. The molecule has 0 radical (unpaired) electrons. The molecule has 6 heteroatoms. The molecule has 0 fully saturated rings. The number of benzene rings is 1. The molecule has 1 aromatic rings. The summed E-state index contributed by atoms with van der Waals surface area (Å²) in [5.74, 6) is -2.81. The third kappa shape index (κ3) is 1.95. The molecule has 0 aliphatic rings. The Morgan fingerprint density at radius 2 is 1.75 bits per heavy atom. The van der Waals surface area contributed by atoms with Crippen molar-refractivity contribution in [2.24, 2.45) is 0 Å². The highest BCUT2D eigenvalue weighted by atomic mass is 19.1.